The lowest BCUT2D eigenvalue weighted by molar-refractivity contribution is -0.130. The van der Waals surface area contributed by atoms with Crippen molar-refractivity contribution in [2.24, 2.45) is 11.7 Å². The molecule has 128 valence electrons. The van der Waals surface area contributed by atoms with E-state index >= 15 is 0 Å². The van der Waals surface area contributed by atoms with E-state index < -0.39 is 0 Å². The van der Waals surface area contributed by atoms with E-state index in [9.17, 15) is 9.59 Å². The number of nitrogens with one attached hydrogen (secondary N) is 1. The average molecular weight is 319 g/mol. The van der Waals surface area contributed by atoms with Crippen molar-refractivity contribution in [3.8, 4) is 0 Å². The van der Waals surface area contributed by atoms with Gasteiger partial charge in [-0.3, -0.25) is 9.59 Å². The highest BCUT2D eigenvalue weighted by molar-refractivity contribution is 5.79. The summed E-state index contributed by atoms with van der Waals surface area (Å²) >= 11 is 0. The van der Waals surface area contributed by atoms with Crippen LogP contribution in [-0.4, -0.2) is 36.3 Å². The lowest BCUT2D eigenvalue weighted by Crippen LogP contribution is -2.37. The van der Waals surface area contributed by atoms with Gasteiger partial charge >= 0.3 is 0 Å². The molecule has 0 fully saturated rings. The molecule has 5 heteroatoms. The van der Waals surface area contributed by atoms with Crippen LogP contribution in [-0.2, 0) is 9.59 Å². The Kier molecular flexibility index (Phi) is 7.75. The molecule has 2 unspecified atom stereocenters. The number of hydrogen-bond acceptors (Lipinski definition) is 3. The maximum atomic E-state index is 12.4. The molecular formula is C18H29N3O2. The average Bonchev–Trinajstić information content (AvgIpc) is 2.51. The van der Waals surface area contributed by atoms with Gasteiger partial charge in [-0.1, -0.05) is 44.2 Å². The van der Waals surface area contributed by atoms with Crippen LogP contribution in [0.1, 0.15) is 45.2 Å². The Labute approximate surface area is 139 Å². The minimum atomic E-state index is -0.303. The van der Waals surface area contributed by atoms with Crippen LogP contribution in [0.3, 0.4) is 0 Å². The van der Waals surface area contributed by atoms with Crippen molar-refractivity contribution >= 4 is 11.8 Å². The van der Waals surface area contributed by atoms with Crippen molar-refractivity contribution < 1.29 is 9.59 Å². The van der Waals surface area contributed by atoms with Gasteiger partial charge in [0.2, 0.25) is 11.8 Å². The Balaban J connectivity index is 2.64. The lowest BCUT2D eigenvalue weighted by Gasteiger charge is -2.24. The first-order valence-corrected chi connectivity index (χ1v) is 8.12. The van der Waals surface area contributed by atoms with Gasteiger partial charge in [-0.2, -0.15) is 0 Å². The molecule has 2 atom stereocenters. The minimum Gasteiger partial charge on any atom is -0.349 e. The minimum absolute atomic E-state index is 0.00330. The zero-order chi connectivity index (χ0) is 17.4. The molecule has 1 aromatic carbocycles. The number of nitrogens with zero attached hydrogens (tertiary/aromatic N) is 1. The van der Waals surface area contributed by atoms with Crippen LogP contribution in [0.25, 0.3) is 0 Å². The monoisotopic (exact) mass is 319 g/mol. The van der Waals surface area contributed by atoms with E-state index in [-0.39, 0.29) is 30.3 Å². The van der Waals surface area contributed by atoms with Gasteiger partial charge in [0.05, 0.1) is 12.5 Å². The van der Waals surface area contributed by atoms with Crippen LogP contribution in [0.2, 0.25) is 0 Å². The van der Waals surface area contributed by atoms with Crippen LogP contribution in [0, 0.1) is 5.92 Å². The van der Waals surface area contributed by atoms with E-state index in [1.807, 2.05) is 30.3 Å². The molecule has 3 N–H and O–H groups in total. The Hall–Kier alpha value is -1.88. The summed E-state index contributed by atoms with van der Waals surface area (Å²) < 4.78 is 0. The van der Waals surface area contributed by atoms with E-state index in [0.29, 0.717) is 12.5 Å². The molecule has 0 radical (unpaired) electrons. The fourth-order valence-electron chi connectivity index (χ4n) is 2.31. The Morgan fingerprint density at radius 3 is 2.35 bits per heavy atom. The maximum Gasteiger partial charge on any atom is 0.224 e. The van der Waals surface area contributed by atoms with Crippen molar-refractivity contribution in [1.82, 2.24) is 10.2 Å². The fourth-order valence-corrected chi connectivity index (χ4v) is 2.31. The molecule has 1 aromatic rings. The number of benzene rings is 1. The highest BCUT2D eigenvalue weighted by Crippen LogP contribution is 2.18. The van der Waals surface area contributed by atoms with Gasteiger partial charge in [0.1, 0.15) is 0 Å². The standard InChI is InChI=1S/C18H29N3O2/c1-13(2)16(19)10-11-21(4)18(23)12-17(20-14(3)22)15-8-6-5-7-9-15/h5-9,13,16-17H,10-12,19H2,1-4H3,(H,20,22). The molecule has 0 saturated carbocycles. The third-order valence-corrected chi connectivity index (χ3v) is 4.04. The van der Waals surface area contributed by atoms with E-state index in [2.05, 4.69) is 19.2 Å². The Bertz CT molecular complexity index is 502. The predicted octanol–water partition coefficient (Wildman–Crippen LogP) is 2.09. The first-order chi connectivity index (χ1) is 10.8. The third-order valence-electron chi connectivity index (χ3n) is 4.04. The van der Waals surface area contributed by atoms with Gasteiger partial charge < -0.3 is 16.0 Å². The fraction of sp³-hybridized carbons (Fsp3) is 0.556. The molecular weight excluding hydrogens is 290 g/mol. The van der Waals surface area contributed by atoms with Crippen molar-refractivity contribution in [2.45, 2.75) is 45.7 Å². The molecule has 0 aromatic heterocycles. The highest BCUT2D eigenvalue weighted by atomic mass is 16.2. The first-order valence-electron chi connectivity index (χ1n) is 8.12. The molecule has 23 heavy (non-hydrogen) atoms. The number of nitrogens with two attached hydrogens (primary N) is 1. The van der Waals surface area contributed by atoms with Crippen molar-refractivity contribution in [3.05, 3.63) is 35.9 Å². The van der Waals surface area contributed by atoms with Crippen LogP contribution in [0.15, 0.2) is 30.3 Å². The summed E-state index contributed by atoms with van der Waals surface area (Å²) in [6, 6.07) is 9.34. The smallest absolute Gasteiger partial charge is 0.224 e. The molecule has 0 aliphatic heterocycles. The quantitative estimate of drug-likeness (QED) is 0.770. The molecule has 1 rings (SSSR count). The molecule has 5 nitrogen and oxygen atoms in total. The number of carbonyl (C=O) groups is 2. The summed E-state index contributed by atoms with van der Waals surface area (Å²) in [5, 5.41) is 2.85. The van der Waals surface area contributed by atoms with Crippen LogP contribution < -0.4 is 11.1 Å². The van der Waals surface area contributed by atoms with Gasteiger partial charge in [0.15, 0.2) is 0 Å². The number of carbonyl (C=O) groups excluding carboxylic acids is 2. The van der Waals surface area contributed by atoms with Crippen LogP contribution >= 0.6 is 0 Å². The van der Waals surface area contributed by atoms with Crippen molar-refractivity contribution in [2.75, 3.05) is 13.6 Å². The topological polar surface area (TPSA) is 75.4 Å². The van der Waals surface area contributed by atoms with Gasteiger partial charge in [0, 0.05) is 26.6 Å². The second kappa shape index (κ2) is 9.30. The van der Waals surface area contributed by atoms with Gasteiger partial charge in [0.25, 0.3) is 0 Å². The Morgan fingerprint density at radius 2 is 1.83 bits per heavy atom. The molecule has 0 heterocycles. The van der Waals surface area contributed by atoms with Crippen LogP contribution in [0.5, 0.6) is 0 Å². The summed E-state index contributed by atoms with van der Waals surface area (Å²) in [6.45, 7) is 6.24. The number of hydrogen-bond donors (Lipinski definition) is 2. The van der Waals surface area contributed by atoms with E-state index in [1.54, 1.807) is 11.9 Å². The van der Waals surface area contributed by atoms with Gasteiger partial charge in [-0.05, 0) is 17.9 Å². The molecule has 0 saturated heterocycles. The molecule has 0 spiro atoms. The SMILES string of the molecule is CC(=O)NC(CC(=O)N(C)CCC(N)C(C)C)c1ccccc1. The zero-order valence-corrected chi connectivity index (χ0v) is 14.6. The van der Waals surface area contributed by atoms with E-state index in [0.717, 1.165) is 12.0 Å². The second-order valence-corrected chi connectivity index (χ2v) is 6.38. The van der Waals surface area contributed by atoms with Gasteiger partial charge in [-0.25, -0.2) is 0 Å². The summed E-state index contributed by atoms with van der Waals surface area (Å²) in [7, 11) is 1.78. The molecule has 0 aliphatic carbocycles. The summed E-state index contributed by atoms with van der Waals surface area (Å²) in [5.74, 6) is 0.259. The maximum absolute atomic E-state index is 12.4. The first kappa shape index (κ1) is 19.2. The normalized spacial score (nSPS) is 13.5. The predicted molar refractivity (Wildman–Crippen MR) is 92.7 cm³/mol. The molecule has 0 aliphatic rings. The van der Waals surface area contributed by atoms with Crippen molar-refractivity contribution in [3.63, 3.8) is 0 Å². The summed E-state index contributed by atoms with van der Waals surface area (Å²) in [6.07, 6.45) is 1.02. The number of amides is 2. The third kappa shape index (κ3) is 6.82. The number of rotatable bonds is 8. The van der Waals surface area contributed by atoms with Crippen molar-refractivity contribution in [1.29, 1.82) is 0 Å². The summed E-state index contributed by atoms with van der Waals surface area (Å²) in [4.78, 5) is 25.5. The van der Waals surface area contributed by atoms with Gasteiger partial charge in [-0.15, -0.1) is 0 Å². The summed E-state index contributed by atoms with van der Waals surface area (Å²) in [5.41, 5.74) is 6.96. The second-order valence-electron chi connectivity index (χ2n) is 6.38. The molecule has 0 bridgehead atoms. The van der Waals surface area contributed by atoms with E-state index in [4.69, 9.17) is 5.73 Å². The van der Waals surface area contributed by atoms with E-state index in [1.165, 1.54) is 6.92 Å². The largest absolute Gasteiger partial charge is 0.349 e. The highest BCUT2D eigenvalue weighted by Gasteiger charge is 2.20. The lowest BCUT2D eigenvalue weighted by atomic mass is 10.0. The zero-order valence-electron chi connectivity index (χ0n) is 14.6. The molecule has 2 amide bonds. The Morgan fingerprint density at radius 1 is 1.22 bits per heavy atom. The van der Waals surface area contributed by atoms with Crippen LogP contribution in [0.4, 0.5) is 0 Å².